The van der Waals surface area contributed by atoms with Crippen LogP contribution >= 0.6 is 11.3 Å². The number of ether oxygens (including phenoxy) is 2. The summed E-state index contributed by atoms with van der Waals surface area (Å²) in [6.45, 7) is 2.87. The van der Waals surface area contributed by atoms with Crippen molar-refractivity contribution in [3.63, 3.8) is 0 Å². The number of aromatic nitrogens is 1. The number of hydrogen-bond donors (Lipinski definition) is 2. The van der Waals surface area contributed by atoms with Crippen LogP contribution in [0.2, 0.25) is 0 Å². The first-order chi connectivity index (χ1) is 9.67. The van der Waals surface area contributed by atoms with Crippen LogP contribution < -0.4 is 10.5 Å². The Morgan fingerprint density at radius 2 is 2.15 bits per heavy atom. The first-order valence-corrected chi connectivity index (χ1v) is 7.04. The van der Waals surface area contributed by atoms with Gasteiger partial charge in [0.2, 0.25) is 0 Å². The van der Waals surface area contributed by atoms with E-state index in [2.05, 4.69) is 4.98 Å². The van der Waals surface area contributed by atoms with E-state index in [9.17, 15) is 0 Å². The molecule has 0 atom stereocenters. The van der Waals surface area contributed by atoms with Gasteiger partial charge in [0, 0.05) is 7.11 Å². The molecule has 0 radical (unpaired) electrons. The summed E-state index contributed by atoms with van der Waals surface area (Å²) in [6.07, 6.45) is 0. The molecule has 0 saturated carbocycles. The Bertz CT molecular complexity index is 610. The van der Waals surface area contributed by atoms with E-state index in [0.717, 1.165) is 16.3 Å². The van der Waals surface area contributed by atoms with E-state index in [1.165, 1.54) is 11.3 Å². The van der Waals surface area contributed by atoms with Crippen LogP contribution in [-0.2, 0) is 11.3 Å². The van der Waals surface area contributed by atoms with Gasteiger partial charge in [-0.05, 0) is 19.1 Å². The highest BCUT2D eigenvalue weighted by molar-refractivity contribution is 7.17. The molecule has 0 saturated heterocycles. The molecule has 5 nitrogen and oxygen atoms in total. The highest BCUT2D eigenvalue weighted by Gasteiger charge is 2.17. The van der Waals surface area contributed by atoms with Crippen molar-refractivity contribution >= 4 is 17.2 Å². The lowest BCUT2D eigenvalue weighted by Crippen LogP contribution is -2.11. The summed E-state index contributed by atoms with van der Waals surface area (Å²) in [5.41, 5.74) is 7.19. The fourth-order valence-electron chi connectivity index (χ4n) is 1.84. The highest BCUT2D eigenvalue weighted by atomic mass is 32.1. The van der Waals surface area contributed by atoms with Gasteiger partial charge in [0.1, 0.15) is 16.6 Å². The number of para-hydroxylation sites is 1. The Kier molecular flexibility index (Phi) is 4.70. The molecule has 0 bridgehead atoms. The van der Waals surface area contributed by atoms with Gasteiger partial charge in [0.05, 0.1) is 29.3 Å². The average molecular weight is 291 g/mol. The van der Waals surface area contributed by atoms with Crippen LogP contribution in [0, 0.1) is 5.41 Å². The van der Waals surface area contributed by atoms with E-state index in [1.54, 1.807) is 7.11 Å². The molecule has 0 aliphatic heterocycles. The van der Waals surface area contributed by atoms with Gasteiger partial charge in [-0.15, -0.1) is 11.3 Å². The highest BCUT2D eigenvalue weighted by Crippen LogP contribution is 2.34. The number of nitrogens with one attached hydrogen (secondary N) is 1. The number of methoxy groups -OCH3 is 1. The fourth-order valence-corrected chi connectivity index (χ4v) is 2.80. The molecule has 1 aromatic heterocycles. The molecule has 106 valence electrons. The Hall–Kier alpha value is -1.92. The molecule has 2 aromatic rings. The van der Waals surface area contributed by atoms with Gasteiger partial charge < -0.3 is 15.2 Å². The van der Waals surface area contributed by atoms with Gasteiger partial charge in [-0.1, -0.05) is 12.1 Å². The molecule has 0 aliphatic carbocycles. The quantitative estimate of drug-likeness (QED) is 0.633. The molecule has 20 heavy (non-hydrogen) atoms. The molecule has 0 aliphatic rings. The summed E-state index contributed by atoms with van der Waals surface area (Å²) in [5, 5.41) is 8.41. The molecular formula is C14H17N3O2S. The second kappa shape index (κ2) is 6.49. The summed E-state index contributed by atoms with van der Waals surface area (Å²) >= 11 is 1.38. The van der Waals surface area contributed by atoms with E-state index < -0.39 is 0 Å². The number of benzene rings is 1. The van der Waals surface area contributed by atoms with Crippen LogP contribution in [0.1, 0.15) is 17.5 Å². The third-order valence-corrected chi connectivity index (χ3v) is 3.80. The standard InChI is InChI=1S/C14H17N3O2S/c1-3-19-11-7-5-4-6-9(11)14-17-10(8-18-2)12(20-14)13(15)16/h4-7H,3,8H2,1-2H3,(H3,15,16). The van der Waals surface area contributed by atoms with Gasteiger partial charge >= 0.3 is 0 Å². The van der Waals surface area contributed by atoms with Crippen molar-refractivity contribution in [2.45, 2.75) is 13.5 Å². The zero-order valence-electron chi connectivity index (χ0n) is 11.5. The first-order valence-electron chi connectivity index (χ1n) is 6.22. The molecule has 3 N–H and O–H groups in total. The maximum atomic E-state index is 7.63. The van der Waals surface area contributed by atoms with E-state index >= 15 is 0 Å². The topological polar surface area (TPSA) is 81.2 Å². The second-order valence-electron chi connectivity index (χ2n) is 4.07. The Balaban J connectivity index is 2.47. The number of thiazole rings is 1. The van der Waals surface area contributed by atoms with Gasteiger partial charge in [0.25, 0.3) is 0 Å². The SMILES string of the molecule is CCOc1ccccc1-c1nc(COC)c(C(=N)N)s1. The molecule has 0 amide bonds. The molecule has 1 aromatic carbocycles. The van der Waals surface area contributed by atoms with Gasteiger partial charge in [-0.2, -0.15) is 0 Å². The molecule has 0 fully saturated rings. The lowest BCUT2D eigenvalue weighted by atomic mass is 10.2. The third kappa shape index (κ3) is 2.97. The molecule has 1 heterocycles. The Morgan fingerprint density at radius 3 is 2.80 bits per heavy atom. The van der Waals surface area contributed by atoms with Gasteiger partial charge in [0.15, 0.2) is 0 Å². The van der Waals surface area contributed by atoms with Crippen molar-refractivity contribution in [1.29, 1.82) is 5.41 Å². The van der Waals surface area contributed by atoms with Crippen LogP contribution in [0.15, 0.2) is 24.3 Å². The molecular weight excluding hydrogens is 274 g/mol. The summed E-state index contributed by atoms with van der Waals surface area (Å²) in [5.74, 6) is 0.789. The minimum atomic E-state index is 0.00897. The van der Waals surface area contributed by atoms with Crippen molar-refractivity contribution in [2.75, 3.05) is 13.7 Å². The summed E-state index contributed by atoms with van der Waals surface area (Å²) in [4.78, 5) is 5.17. The monoisotopic (exact) mass is 291 g/mol. The molecule has 0 spiro atoms. The number of hydrogen-bond acceptors (Lipinski definition) is 5. The number of rotatable bonds is 6. The van der Waals surface area contributed by atoms with Crippen LogP contribution in [0.5, 0.6) is 5.75 Å². The average Bonchev–Trinajstić information content (AvgIpc) is 2.84. The third-order valence-electron chi connectivity index (χ3n) is 2.64. The number of nitrogens with zero attached hydrogens (tertiary/aromatic N) is 1. The summed E-state index contributed by atoms with van der Waals surface area (Å²) < 4.78 is 10.7. The minimum absolute atomic E-state index is 0.00897. The van der Waals surface area contributed by atoms with E-state index in [0.29, 0.717) is 23.8 Å². The van der Waals surface area contributed by atoms with Crippen LogP contribution in [0.3, 0.4) is 0 Å². The molecule has 0 unspecified atom stereocenters. The predicted molar refractivity (Wildman–Crippen MR) is 80.4 cm³/mol. The van der Waals surface area contributed by atoms with Gasteiger partial charge in [-0.3, -0.25) is 5.41 Å². The van der Waals surface area contributed by atoms with Crippen molar-refractivity contribution in [3.8, 4) is 16.3 Å². The van der Waals surface area contributed by atoms with E-state index in [1.807, 2.05) is 31.2 Å². The number of nitrogens with two attached hydrogens (primary N) is 1. The molecule has 2 rings (SSSR count). The van der Waals surface area contributed by atoms with E-state index in [-0.39, 0.29) is 5.84 Å². The number of amidine groups is 1. The van der Waals surface area contributed by atoms with Crippen LogP contribution in [-0.4, -0.2) is 24.5 Å². The Morgan fingerprint density at radius 1 is 1.40 bits per heavy atom. The largest absolute Gasteiger partial charge is 0.493 e. The van der Waals surface area contributed by atoms with Crippen LogP contribution in [0.25, 0.3) is 10.6 Å². The predicted octanol–water partition coefficient (Wildman–Crippen LogP) is 2.64. The normalized spacial score (nSPS) is 10.5. The van der Waals surface area contributed by atoms with Crippen molar-refractivity contribution in [3.05, 3.63) is 34.8 Å². The Labute approximate surface area is 121 Å². The summed E-state index contributed by atoms with van der Waals surface area (Å²) in [7, 11) is 1.59. The van der Waals surface area contributed by atoms with Crippen molar-refractivity contribution in [2.24, 2.45) is 5.73 Å². The van der Waals surface area contributed by atoms with Crippen molar-refractivity contribution < 1.29 is 9.47 Å². The summed E-state index contributed by atoms with van der Waals surface area (Å²) in [6, 6.07) is 7.71. The lowest BCUT2D eigenvalue weighted by molar-refractivity contribution is 0.182. The first kappa shape index (κ1) is 14.5. The van der Waals surface area contributed by atoms with E-state index in [4.69, 9.17) is 20.6 Å². The smallest absolute Gasteiger partial charge is 0.135 e. The number of nitrogen functional groups attached to an aromatic ring is 1. The lowest BCUT2D eigenvalue weighted by Gasteiger charge is -2.07. The maximum absolute atomic E-state index is 7.63. The zero-order chi connectivity index (χ0) is 14.5. The second-order valence-corrected chi connectivity index (χ2v) is 5.07. The van der Waals surface area contributed by atoms with Crippen LogP contribution in [0.4, 0.5) is 0 Å². The maximum Gasteiger partial charge on any atom is 0.135 e. The van der Waals surface area contributed by atoms with Crippen molar-refractivity contribution in [1.82, 2.24) is 4.98 Å². The molecule has 6 heteroatoms. The minimum Gasteiger partial charge on any atom is -0.493 e. The van der Waals surface area contributed by atoms with Gasteiger partial charge in [-0.25, -0.2) is 4.98 Å². The fraction of sp³-hybridized carbons (Fsp3) is 0.286. The zero-order valence-corrected chi connectivity index (χ0v) is 12.3.